The summed E-state index contributed by atoms with van der Waals surface area (Å²) in [4.78, 5) is 0. The molecule has 0 aliphatic rings. The SMILES string of the molecule is CC(C)O[SiH](OC(C)C)C(C)CCC(F)(F)F. The van der Waals surface area contributed by atoms with Crippen molar-refractivity contribution < 1.29 is 22.0 Å². The van der Waals surface area contributed by atoms with Gasteiger partial charge in [0.1, 0.15) is 0 Å². The molecule has 1 atom stereocenters. The highest BCUT2D eigenvalue weighted by molar-refractivity contribution is 6.46. The summed E-state index contributed by atoms with van der Waals surface area (Å²) in [6.45, 7) is 9.29. The Bertz CT molecular complexity index is 197. The standard InChI is InChI=1S/C11H23F3O2Si/c1-8(2)15-17(16-9(3)4)10(5)6-7-11(12,13)14/h8-10,17H,6-7H2,1-5H3. The van der Waals surface area contributed by atoms with Gasteiger partial charge in [0, 0.05) is 18.6 Å². The minimum absolute atomic E-state index is 0.00115. The first-order chi connectivity index (χ1) is 7.61. The van der Waals surface area contributed by atoms with Crippen LogP contribution in [0.3, 0.4) is 0 Å². The molecule has 6 heteroatoms. The van der Waals surface area contributed by atoms with Crippen LogP contribution in [0.2, 0.25) is 5.54 Å². The zero-order valence-electron chi connectivity index (χ0n) is 11.2. The molecule has 0 aliphatic carbocycles. The first-order valence-electron chi connectivity index (χ1n) is 5.99. The summed E-state index contributed by atoms with van der Waals surface area (Å²) in [6.07, 6.45) is -4.78. The van der Waals surface area contributed by atoms with E-state index in [0.717, 1.165) is 0 Å². The van der Waals surface area contributed by atoms with Crippen LogP contribution in [0.5, 0.6) is 0 Å². The molecule has 0 amide bonds. The number of alkyl halides is 3. The summed E-state index contributed by atoms with van der Waals surface area (Å²) in [7, 11) is -2.03. The van der Waals surface area contributed by atoms with Gasteiger partial charge in [0.05, 0.1) is 0 Å². The quantitative estimate of drug-likeness (QED) is 0.656. The lowest BCUT2D eigenvalue weighted by Gasteiger charge is -2.26. The molecule has 2 nitrogen and oxygen atoms in total. The fourth-order valence-corrected chi connectivity index (χ4v) is 3.48. The van der Waals surface area contributed by atoms with Crippen molar-refractivity contribution in [2.24, 2.45) is 0 Å². The van der Waals surface area contributed by atoms with Gasteiger partial charge in [-0.1, -0.05) is 6.92 Å². The average Bonchev–Trinajstić information content (AvgIpc) is 2.10. The zero-order valence-corrected chi connectivity index (χ0v) is 12.3. The Balaban J connectivity index is 4.26. The Labute approximate surface area is 103 Å². The third-order valence-corrected chi connectivity index (χ3v) is 5.05. The molecule has 0 rings (SSSR count). The smallest absolute Gasteiger partial charge is 0.389 e. The van der Waals surface area contributed by atoms with Gasteiger partial charge in [-0.2, -0.15) is 13.2 Å². The lowest BCUT2D eigenvalue weighted by molar-refractivity contribution is -0.135. The fraction of sp³-hybridized carbons (Fsp3) is 1.00. The van der Waals surface area contributed by atoms with E-state index < -0.39 is 21.9 Å². The van der Waals surface area contributed by atoms with Crippen molar-refractivity contribution in [3.05, 3.63) is 0 Å². The van der Waals surface area contributed by atoms with Crippen molar-refractivity contribution in [3.8, 4) is 0 Å². The summed E-state index contributed by atoms with van der Waals surface area (Å²) < 4.78 is 47.7. The maximum atomic E-state index is 12.1. The van der Waals surface area contributed by atoms with E-state index in [-0.39, 0.29) is 24.2 Å². The van der Waals surface area contributed by atoms with Crippen molar-refractivity contribution in [3.63, 3.8) is 0 Å². The summed E-state index contributed by atoms with van der Waals surface area (Å²) >= 11 is 0. The minimum atomic E-state index is -4.09. The molecular formula is C11H23F3O2Si. The molecular weight excluding hydrogens is 249 g/mol. The second kappa shape index (κ2) is 7.38. The van der Waals surface area contributed by atoms with E-state index in [0.29, 0.717) is 0 Å². The molecule has 0 aromatic carbocycles. The molecule has 0 spiro atoms. The van der Waals surface area contributed by atoms with Gasteiger partial charge in [-0.3, -0.25) is 0 Å². The van der Waals surface area contributed by atoms with Gasteiger partial charge in [0.25, 0.3) is 0 Å². The molecule has 0 aromatic rings. The number of hydrogen-bond donors (Lipinski definition) is 0. The van der Waals surface area contributed by atoms with E-state index in [4.69, 9.17) is 8.85 Å². The molecule has 0 aromatic heterocycles. The Morgan fingerprint density at radius 1 is 0.941 bits per heavy atom. The maximum Gasteiger partial charge on any atom is 0.389 e. The van der Waals surface area contributed by atoms with Gasteiger partial charge in [-0.05, 0) is 39.7 Å². The van der Waals surface area contributed by atoms with Crippen molar-refractivity contribution >= 4 is 9.28 Å². The monoisotopic (exact) mass is 272 g/mol. The summed E-state index contributed by atoms with van der Waals surface area (Å²) in [6, 6.07) is 0. The Hall–Kier alpha value is -0.0731. The Kier molecular flexibility index (Phi) is 7.35. The third-order valence-electron chi connectivity index (χ3n) is 2.16. The first-order valence-corrected chi connectivity index (χ1v) is 7.60. The van der Waals surface area contributed by atoms with Gasteiger partial charge < -0.3 is 8.85 Å². The van der Waals surface area contributed by atoms with Crippen LogP contribution < -0.4 is 0 Å². The number of halogens is 3. The van der Waals surface area contributed by atoms with Crippen molar-refractivity contribution in [2.45, 2.75) is 71.4 Å². The van der Waals surface area contributed by atoms with E-state index in [9.17, 15) is 13.2 Å². The summed E-state index contributed by atoms with van der Waals surface area (Å²) in [5, 5.41) is 0. The molecule has 0 N–H and O–H groups in total. The molecule has 0 radical (unpaired) electrons. The second-order valence-electron chi connectivity index (χ2n) is 4.87. The van der Waals surface area contributed by atoms with Gasteiger partial charge in [0.2, 0.25) is 0 Å². The summed E-state index contributed by atoms with van der Waals surface area (Å²) in [5.74, 6) is 0. The van der Waals surface area contributed by atoms with Crippen molar-refractivity contribution in [2.75, 3.05) is 0 Å². The third kappa shape index (κ3) is 9.61. The Morgan fingerprint density at radius 2 is 1.35 bits per heavy atom. The highest BCUT2D eigenvalue weighted by atomic mass is 28.3. The van der Waals surface area contributed by atoms with Crippen LogP contribution in [0.15, 0.2) is 0 Å². The van der Waals surface area contributed by atoms with Gasteiger partial charge >= 0.3 is 15.5 Å². The number of hydrogen-bond acceptors (Lipinski definition) is 2. The molecule has 17 heavy (non-hydrogen) atoms. The molecule has 0 saturated heterocycles. The van der Waals surface area contributed by atoms with Crippen LogP contribution in [0.4, 0.5) is 13.2 Å². The highest BCUT2D eigenvalue weighted by Crippen LogP contribution is 2.28. The maximum absolute atomic E-state index is 12.1. The van der Waals surface area contributed by atoms with E-state index in [1.165, 1.54) is 0 Å². The van der Waals surface area contributed by atoms with Crippen LogP contribution in [-0.2, 0) is 8.85 Å². The second-order valence-corrected chi connectivity index (χ2v) is 7.29. The zero-order chi connectivity index (χ0) is 13.6. The number of rotatable bonds is 7. The van der Waals surface area contributed by atoms with Crippen LogP contribution in [0.1, 0.15) is 47.5 Å². The van der Waals surface area contributed by atoms with Crippen LogP contribution in [0.25, 0.3) is 0 Å². The predicted octanol–water partition coefficient (Wildman–Crippen LogP) is 3.79. The molecule has 1 unspecified atom stereocenters. The van der Waals surface area contributed by atoms with Crippen molar-refractivity contribution in [1.29, 1.82) is 0 Å². The van der Waals surface area contributed by atoms with E-state index >= 15 is 0 Å². The lowest BCUT2D eigenvalue weighted by Crippen LogP contribution is -2.33. The largest absolute Gasteiger partial charge is 0.394 e. The molecule has 0 saturated carbocycles. The normalized spacial score (nSPS) is 15.0. The topological polar surface area (TPSA) is 18.5 Å². The predicted molar refractivity (Wildman–Crippen MR) is 64.3 cm³/mol. The molecule has 0 bridgehead atoms. The lowest BCUT2D eigenvalue weighted by atomic mass is 10.2. The van der Waals surface area contributed by atoms with Crippen LogP contribution >= 0.6 is 0 Å². The van der Waals surface area contributed by atoms with Crippen molar-refractivity contribution in [1.82, 2.24) is 0 Å². The van der Waals surface area contributed by atoms with E-state index in [2.05, 4.69) is 0 Å². The fourth-order valence-electron chi connectivity index (χ4n) is 1.36. The molecule has 104 valence electrons. The Morgan fingerprint density at radius 3 is 1.65 bits per heavy atom. The van der Waals surface area contributed by atoms with Gasteiger partial charge in [-0.15, -0.1) is 0 Å². The van der Waals surface area contributed by atoms with Crippen LogP contribution in [0, 0.1) is 0 Å². The first kappa shape index (κ1) is 16.9. The average molecular weight is 272 g/mol. The highest BCUT2D eigenvalue weighted by Gasteiger charge is 2.31. The molecule has 0 fully saturated rings. The molecule has 0 aliphatic heterocycles. The van der Waals surface area contributed by atoms with Gasteiger partial charge in [0.15, 0.2) is 0 Å². The summed E-state index contributed by atoms with van der Waals surface area (Å²) in [5.41, 5.74) is -0.138. The van der Waals surface area contributed by atoms with E-state index in [1.807, 2.05) is 27.7 Å². The van der Waals surface area contributed by atoms with Crippen LogP contribution in [-0.4, -0.2) is 27.7 Å². The van der Waals surface area contributed by atoms with Gasteiger partial charge in [-0.25, -0.2) is 0 Å². The minimum Gasteiger partial charge on any atom is -0.394 e. The van der Waals surface area contributed by atoms with E-state index in [1.54, 1.807) is 6.92 Å². The molecule has 0 heterocycles.